The van der Waals surface area contributed by atoms with Gasteiger partial charge < -0.3 is 19.7 Å². The molecule has 2 rings (SSSR count). The minimum atomic E-state index is -0.522. The fraction of sp³-hybridized carbons (Fsp3) is 0.389. The van der Waals surface area contributed by atoms with E-state index in [1.807, 2.05) is 63.3 Å². The topological polar surface area (TPSA) is 67.5 Å². The van der Waals surface area contributed by atoms with Crippen LogP contribution in [0.25, 0.3) is 12.2 Å². The predicted molar refractivity (Wildman–Crippen MR) is 91.3 cm³/mol. The van der Waals surface area contributed by atoms with Gasteiger partial charge in [0.05, 0.1) is 5.69 Å². The van der Waals surface area contributed by atoms with Crippen LogP contribution < -0.4 is 10.1 Å². The smallest absolute Gasteiger partial charge is 0.159 e. The maximum absolute atomic E-state index is 9.81. The second-order valence-electron chi connectivity index (χ2n) is 5.80. The number of aromatic nitrogens is 1. The molecule has 124 valence electrons. The van der Waals surface area contributed by atoms with Crippen molar-refractivity contribution in [3.63, 3.8) is 0 Å². The zero-order chi connectivity index (χ0) is 16.7. The Hall–Kier alpha value is -2.11. The largest absolute Gasteiger partial charge is 0.491 e. The Kier molecular flexibility index (Phi) is 6.38. The second kappa shape index (κ2) is 8.50. The van der Waals surface area contributed by atoms with Crippen LogP contribution in [-0.4, -0.2) is 35.6 Å². The van der Waals surface area contributed by atoms with Gasteiger partial charge in [0, 0.05) is 18.7 Å². The van der Waals surface area contributed by atoms with Gasteiger partial charge in [-0.15, -0.1) is 0 Å². The zero-order valence-electron chi connectivity index (χ0n) is 13.8. The van der Waals surface area contributed by atoms with Gasteiger partial charge in [-0.1, -0.05) is 37.2 Å². The molecule has 0 aliphatic heterocycles. The normalized spacial score (nSPS) is 12.9. The molecule has 0 saturated heterocycles. The van der Waals surface area contributed by atoms with Crippen molar-refractivity contribution in [2.45, 2.75) is 32.9 Å². The van der Waals surface area contributed by atoms with Crippen LogP contribution in [0.4, 0.5) is 0 Å². The van der Waals surface area contributed by atoms with Gasteiger partial charge in [-0.2, -0.15) is 0 Å². The fourth-order valence-corrected chi connectivity index (χ4v) is 1.94. The molecular formula is C18H24N2O3. The molecule has 0 spiro atoms. The number of aliphatic hydroxyl groups excluding tert-OH is 1. The Morgan fingerprint density at radius 1 is 1.26 bits per heavy atom. The van der Waals surface area contributed by atoms with Crippen molar-refractivity contribution in [2.24, 2.45) is 0 Å². The van der Waals surface area contributed by atoms with Crippen LogP contribution in [0.2, 0.25) is 0 Å². The highest BCUT2D eigenvalue weighted by Crippen LogP contribution is 2.15. The molecule has 5 heteroatoms. The maximum atomic E-state index is 9.81. The van der Waals surface area contributed by atoms with E-state index in [0.29, 0.717) is 12.6 Å². The van der Waals surface area contributed by atoms with Crippen LogP contribution in [-0.2, 0) is 0 Å². The highest BCUT2D eigenvalue weighted by molar-refractivity contribution is 5.67. The summed E-state index contributed by atoms with van der Waals surface area (Å²) in [5.74, 6) is 1.46. The molecule has 0 saturated carbocycles. The third-order valence-electron chi connectivity index (χ3n) is 3.17. The first-order chi connectivity index (χ1) is 11.0. The number of nitrogens with zero attached hydrogens (tertiary/aromatic N) is 1. The number of benzene rings is 1. The molecule has 1 atom stereocenters. The van der Waals surface area contributed by atoms with Crippen molar-refractivity contribution in [1.82, 2.24) is 10.5 Å². The van der Waals surface area contributed by atoms with E-state index in [1.54, 1.807) is 0 Å². The maximum Gasteiger partial charge on any atom is 0.159 e. The Balaban J connectivity index is 1.81. The lowest BCUT2D eigenvalue weighted by Gasteiger charge is -2.15. The molecule has 0 aliphatic carbocycles. The van der Waals surface area contributed by atoms with Gasteiger partial charge in [-0.05, 0) is 30.7 Å². The van der Waals surface area contributed by atoms with Gasteiger partial charge in [-0.25, -0.2) is 0 Å². The molecule has 5 nitrogen and oxygen atoms in total. The first kappa shape index (κ1) is 17.2. The number of hydrogen-bond acceptors (Lipinski definition) is 5. The summed E-state index contributed by atoms with van der Waals surface area (Å²) in [6.07, 6.45) is 3.30. The summed E-state index contributed by atoms with van der Waals surface area (Å²) in [7, 11) is 0. The molecule has 2 aromatic rings. The minimum Gasteiger partial charge on any atom is -0.491 e. The summed E-state index contributed by atoms with van der Waals surface area (Å²) >= 11 is 0. The monoisotopic (exact) mass is 316 g/mol. The summed E-state index contributed by atoms with van der Waals surface area (Å²) in [4.78, 5) is 0. The molecule has 1 heterocycles. The summed E-state index contributed by atoms with van der Waals surface area (Å²) < 4.78 is 10.7. The highest BCUT2D eigenvalue weighted by atomic mass is 16.5. The fourth-order valence-electron chi connectivity index (χ4n) is 1.94. The first-order valence-electron chi connectivity index (χ1n) is 7.78. The molecule has 0 bridgehead atoms. The number of aryl methyl sites for hydroxylation is 1. The Bertz CT molecular complexity index is 617. The second-order valence-corrected chi connectivity index (χ2v) is 5.80. The third kappa shape index (κ3) is 6.26. The summed E-state index contributed by atoms with van der Waals surface area (Å²) in [5, 5.41) is 16.8. The Labute approximate surface area is 137 Å². The van der Waals surface area contributed by atoms with E-state index in [0.717, 1.165) is 22.8 Å². The molecule has 1 aromatic heterocycles. The van der Waals surface area contributed by atoms with E-state index in [-0.39, 0.29) is 6.61 Å². The molecular weight excluding hydrogens is 292 g/mol. The molecule has 1 aromatic carbocycles. The average Bonchev–Trinajstić information content (AvgIpc) is 2.95. The summed E-state index contributed by atoms with van der Waals surface area (Å²) in [5.41, 5.74) is 1.90. The Morgan fingerprint density at radius 2 is 2.00 bits per heavy atom. The van der Waals surface area contributed by atoms with Crippen LogP contribution in [0, 0.1) is 6.92 Å². The number of nitrogens with one attached hydrogen (secondary N) is 1. The van der Waals surface area contributed by atoms with Crippen LogP contribution in [0.3, 0.4) is 0 Å². The van der Waals surface area contributed by atoms with Gasteiger partial charge in [0.2, 0.25) is 0 Å². The number of rotatable bonds is 8. The van der Waals surface area contributed by atoms with Crippen molar-refractivity contribution >= 4 is 12.2 Å². The van der Waals surface area contributed by atoms with E-state index in [4.69, 9.17) is 9.26 Å². The number of aliphatic hydroxyl groups is 1. The van der Waals surface area contributed by atoms with Crippen molar-refractivity contribution in [2.75, 3.05) is 13.2 Å². The standard InChI is InChI=1S/C18H24N2O3/c1-13(2)19-11-16(21)12-22-17-7-4-15(5-8-17)6-9-18-10-14(3)20-23-18/h4-10,13,16,19,21H,11-12H2,1-3H3/b9-6+. The van der Waals surface area contributed by atoms with E-state index in [2.05, 4.69) is 10.5 Å². The van der Waals surface area contributed by atoms with Crippen molar-refractivity contribution in [3.05, 3.63) is 47.3 Å². The SMILES string of the molecule is Cc1cc(/C=C/c2ccc(OCC(O)CNC(C)C)cc2)on1. The highest BCUT2D eigenvalue weighted by Gasteiger charge is 2.05. The lowest BCUT2D eigenvalue weighted by molar-refractivity contribution is 0.104. The average molecular weight is 316 g/mol. The van der Waals surface area contributed by atoms with Crippen LogP contribution in [0.15, 0.2) is 34.9 Å². The van der Waals surface area contributed by atoms with Crippen LogP contribution >= 0.6 is 0 Å². The third-order valence-corrected chi connectivity index (χ3v) is 3.17. The van der Waals surface area contributed by atoms with Crippen molar-refractivity contribution in [1.29, 1.82) is 0 Å². The van der Waals surface area contributed by atoms with Gasteiger partial charge in [0.1, 0.15) is 18.5 Å². The molecule has 0 aliphatic rings. The quantitative estimate of drug-likeness (QED) is 0.784. The molecule has 0 radical (unpaired) electrons. The number of ether oxygens (including phenoxy) is 1. The first-order valence-corrected chi connectivity index (χ1v) is 7.78. The van der Waals surface area contributed by atoms with Gasteiger partial charge in [-0.3, -0.25) is 0 Å². The van der Waals surface area contributed by atoms with Crippen molar-refractivity contribution < 1.29 is 14.4 Å². The Morgan fingerprint density at radius 3 is 2.61 bits per heavy atom. The van der Waals surface area contributed by atoms with Gasteiger partial charge in [0.15, 0.2) is 5.76 Å². The lowest BCUT2D eigenvalue weighted by Crippen LogP contribution is -2.35. The minimum absolute atomic E-state index is 0.270. The molecule has 0 amide bonds. The molecule has 0 fully saturated rings. The van der Waals surface area contributed by atoms with E-state index < -0.39 is 6.10 Å². The van der Waals surface area contributed by atoms with Crippen molar-refractivity contribution in [3.8, 4) is 5.75 Å². The zero-order valence-corrected chi connectivity index (χ0v) is 13.8. The van der Waals surface area contributed by atoms with Crippen LogP contribution in [0.5, 0.6) is 5.75 Å². The van der Waals surface area contributed by atoms with E-state index in [1.165, 1.54) is 0 Å². The summed E-state index contributed by atoms with van der Waals surface area (Å²) in [6.45, 7) is 6.76. The van der Waals surface area contributed by atoms with E-state index >= 15 is 0 Å². The molecule has 2 N–H and O–H groups in total. The molecule has 23 heavy (non-hydrogen) atoms. The molecule has 1 unspecified atom stereocenters. The van der Waals surface area contributed by atoms with Crippen LogP contribution in [0.1, 0.15) is 30.9 Å². The number of hydrogen-bond donors (Lipinski definition) is 2. The summed E-state index contributed by atoms with van der Waals surface area (Å²) in [6, 6.07) is 9.90. The van der Waals surface area contributed by atoms with Gasteiger partial charge >= 0.3 is 0 Å². The van der Waals surface area contributed by atoms with E-state index in [9.17, 15) is 5.11 Å². The van der Waals surface area contributed by atoms with Gasteiger partial charge in [0.25, 0.3) is 0 Å². The predicted octanol–water partition coefficient (Wildman–Crippen LogP) is 2.89. The lowest BCUT2D eigenvalue weighted by atomic mass is 10.2.